The van der Waals surface area contributed by atoms with Gasteiger partial charge in [0.15, 0.2) is 0 Å². The maximum Gasteiger partial charge on any atom is 0.132 e. The summed E-state index contributed by atoms with van der Waals surface area (Å²) in [5, 5.41) is 0. The van der Waals surface area contributed by atoms with Gasteiger partial charge in [-0.15, -0.1) is 0 Å². The van der Waals surface area contributed by atoms with E-state index in [0.29, 0.717) is 0 Å². The van der Waals surface area contributed by atoms with E-state index in [9.17, 15) is 0 Å². The fraction of sp³-hybridized carbons (Fsp3) is 0.267. The minimum atomic E-state index is 0.0188. The van der Waals surface area contributed by atoms with Crippen molar-refractivity contribution >= 4 is 11.8 Å². The molecular formula is C15H18N2OS. The van der Waals surface area contributed by atoms with Crippen molar-refractivity contribution in [3.8, 4) is 5.75 Å². The number of hydrogen-bond acceptors (Lipinski definition) is 4. The van der Waals surface area contributed by atoms with Crippen LogP contribution in [-0.4, -0.2) is 12.1 Å². The number of aromatic nitrogens is 1. The summed E-state index contributed by atoms with van der Waals surface area (Å²) >= 11 is 1.64. The highest BCUT2D eigenvalue weighted by Gasteiger charge is 2.07. The van der Waals surface area contributed by atoms with Gasteiger partial charge in [0.25, 0.3) is 0 Å². The van der Waals surface area contributed by atoms with Gasteiger partial charge in [-0.25, -0.2) is 0 Å². The van der Waals surface area contributed by atoms with Crippen molar-refractivity contribution in [3.63, 3.8) is 0 Å². The molecule has 0 radical (unpaired) electrons. The standard InChI is InChI=1S/C15H18N2OS/c1-3-12(16)13-9-8-11(10-17-13)19-15-7-5-4-6-14(15)18-2/h4-10,12H,3,16H2,1-2H3. The molecule has 0 aliphatic heterocycles. The average Bonchev–Trinajstić information content (AvgIpc) is 2.48. The van der Waals surface area contributed by atoms with Gasteiger partial charge in [0, 0.05) is 17.1 Å². The Morgan fingerprint density at radius 3 is 2.68 bits per heavy atom. The molecule has 0 fully saturated rings. The first-order chi connectivity index (χ1) is 9.24. The SMILES string of the molecule is CCC(N)c1ccc(Sc2ccccc2OC)cn1. The van der Waals surface area contributed by atoms with Crippen molar-refractivity contribution in [2.24, 2.45) is 5.73 Å². The van der Waals surface area contributed by atoms with Crippen LogP contribution in [0.4, 0.5) is 0 Å². The van der Waals surface area contributed by atoms with Gasteiger partial charge in [0.2, 0.25) is 0 Å². The van der Waals surface area contributed by atoms with Crippen LogP contribution in [0.5, 0.6) is 5.75 Å². The molecule has 1 atom stereocenters. The third kappa shape index (κ3) is 3.49. The Morgan fingerprint density at radius 2 is 2.05 bits per heavy atom. The number of nitrogens with two attached hydrogens (primary N) is 1. The zero-order valence-electron chi connectivity index (χ0n) is 11.2. The largest absolute Gasteiger partial charge is 0.496 e. The Hall–Kier alpha value is -1.52. The molecule has 0 amide bonds. The van der Waals surface area contributed by atoms with Crippen molar-refractivity contribution in [2.75, 3.05) is 7.11 Å². The third-order valence-corrected chi connectivity index (χ3v) is 3.91. The Morgan fingerprint density at radius 1 is 1.26 bits per heavy atom. The second-order valence-electron chi connectivity index (χ2n) is 4.19. The van der Waals surface area contributed by atoms with E-state index >= 15 is 0 Å². The molecule has 0 spiro atoms. The van der Waals surface area contributed by atoms with Crippen LogP contribution in [0.2, 0.25) is 0 Å². The number of rotatable bonds is 5. The van der Waals surface area contributed by atoms with Crippen molar-refractivity contribution in [1.82, 2.24) is 4.98 Å². The van der Waals surface area contributed by atoms with Crippen LogP contribution in [0.1, 0.15) is 25.1 Å². The molecule has 3 nitrogen and oxygen atoms in total. The highest BCUT2D eigenvalue weighted by atomic mass is 32.2. The lowest BCUT2D eigenvalue weighted by Crippen LogP contribution is -2.10. The lowest BCUT2D eigenvalue weighted by Gasteiger charge is -2.10. The molecule has 4 heteroatoms. The highest BCUT2D eigenvalue weighted by molar-refractivity contribution is 7.99. The molecule has 1 aromatic carbocycles. The van der Waals surface area contributed by atoms with E-state index in [-0.39, 0.29) is 6.04 Å². The number of methoxy groups -OCH3 is 1. The van der Waals surface area contributed by atoms with E-state index < -0.39 is 0 Å². The van der Waals surface area contributed by atoms with Crippen LogP contribution in [0, 0.1) is 0 Å². The molecule has 0 saturated carbocycles. The number of para-hydroxylation sites is 1. The number of ether oxygens (including phenoxy) is 1. The molecule has 2 N–H and O–H groups in total. The molecule has 2 aromatic rings. The molecule has 0 aliphatic carbocycles. The minimum Gasteiger partial charge on any atom is -0.496 e. The van der Waals surface area contributed by atoms with Gasteiger partial charge in [-0.3, -0.25) is 4.98 Å². The van der Waals surface area contributed by atoms with Gasteiger partial charge in [-0.1, -0.05) is 30.8 Å². The summed E-state index contributed by atoms with van der Waals surface area (Å²) in [5.41, 5.74) is 6.89. The second-order valence-corrected chi connectivity index (χ2v) is 5.30. The zero-order valence-corrected chi connectivity index (χ0v) is 12.0. The average molecular weight is 274 g/mol. The quantitative estimate of drug-likeness (QED) is 0.904. The monoisotopic (exact) mass is 274 g/mol. The highest BCUT2D eigenvalue weighted by Crippen LogP contribution is 2.34. The van der Waals surface area contributed by atoms with Gasteiger partial charge in [-0.2, -0.15) is 0 Å². The van der Waals surface area contributed by atoms with Crippen LogP contribution < -0.4 is 10.5 Å². The van der Waals surface area contributed by atoms with E-state index in [4.69, 9.17) is 10.5 Å². The number of pyridine rings is 1. The topological polar surface area (TPSA) is 48.1 Å². The normalized spacial score (nSPS) is 12.2. The first-order valence-corrected chi connectivity index (χ1v) is 7.08. The number of benzene rings is 1. The molecule has 100 valence electrons. The van der Waals surface area contributed by atoms with Crippen LogP contribution in [0.15, 0.2) is 52.4 Å². The molecule has 0 bridgehead atoms. The molecule has 1 unspecified atom stereocenters. The lowest BCUT2D eigenvalue weighted by atomic mass is 10.1. The van der Waals surface area contributed by atoms with Crippen molar-refractivity contribution in [3.05, 3.63) is 48.3 Å². The molecule has 0 saturated heterocycles. The summed E-state index contributed by atoms with van der Waals surface area (Å²) in [7, 11) is 1.68. The summed E-state index contributed by atoms with van der Waals surface area (Å²) < 4.78 is 5.34. The maximum atomic E-state index is 5.95. The minimum absolute atomic E-state index is 0.0188. The van der Waals surface area contributed by atoms with E-state index in [1.165, 1.54) is 0 Å². The molecular weight excluding hydrogens is 256 g/mol. The smallest absolute Gasteiger partial charge is 0.132 e. The molecule has 2 rings (SSSR count). The van der Waals surface area contributed by atoms with Crippen LogP contribution >= 0.6 is 11.8 Å². The van der Waals surface area contributed by atoms with Crippen molar-refractivity contribution in [1.29, 1.82) is 0 Å². The van der Waals surface area contributed by atoms with Gasteiger partial charge in [0.1, 0.15) is 5.75 Å². The van der Waals surface area contributed by atoms with Crippen molar-refractivity contribution in [2.45, 2.75) is 29.2 Å². The Bertz CT molecular complexity index is 528. The van der Waals surface area contributed by atoms with E-state index in [2.05, 4.69) is 18.0 Å². The first-order valence-electron chi connectivity index (χ1n) is 6.27. The number of nitrogens with zero attached hydrogens (tertiary/aromatic N) is 1. The lowest BCUT2D eigenvalue weighted by molar-refractivity contribution is 0.405. The predicted molar refractivity (Wildman–Crippen MR) is 78.6 cm³/mol. The third-order valence-electron chi connectivity index (χ3n) is 2.88. The fourth-order valence-corrected chi connectivity index (χ4v) is 2.60. The van der Waals surface area contributed by atoms with E-state index in [1.54, 1.807) is 18.9 Å². The van der Waals surface area contributed by atoms with E-state index in [0.717, 1.165) is 27.7 Å². The van der Waals surface area contributed by atoms with Gasteiger partial charge >= 0.3 is 0 Å². The first kappa shape index (κ1) is 13.9. The van der Waals surface area contributed by atoms with Gasteiger partial charge in [-0.05, 0) is 30.7 Å². The molecule has 0 aliphatic rings. The second kappa shape index (κ2) is 6.59. The Balaban J connectivity index is 2.15. The van der Waals surface area contributed by atoms with Crippen LogP contribution in [0.3, 0.4) is 0 Å². The molecule has 1 aromatic heterocycles. The maximum absolute atomic E-state index is 5.95. The van der Waals surface area contributed by atoms with Gasteiger partial charge in [0.05, 0.1) is 17.7 Å². The fourth-order valence-electron chi connectivity index (χ4n) is 1.71. The van der Waals surface area contributed by atoms with Gasteiger partial charge < -0.3 is 10.5 Å². The zero-order chi connectivity index (χ0) is 13.7. The summed E-state index contributed by atoms with van der Waals surface area (Å²) in [6.07, 6.45) is 2.76. The van der Waals surface area contributed by atoms with Crippen LogP contribution in [0.25, 0.3) is 0 Å². The predicted octanol–water partition coefficient (Wildman–Crippen LogP) is 3.65. The summed E-state index contributed by atoms with van der Waals surface area (Å²) in [4.78, 5) is 6.58. The molecule has 1 heterocycles. The molecule has 19 heavy (non-hydrogen) atoms. The Labute approximate surface area is 118 Å². The van der Waals surface area contributed by atoms with Crippen molar-refractivity contribution < 1.29 is 4.74 Å². The summed E-state index contributed by atoms with van der Waals surface area (Å²) in [6, 6.07) is 12.0. The number of hydrogen-bond donors (Lipinski definition) is 1. The van der Waals surface area contributed by atoms with E-state index in [1.807, 2.05) is 36.5 Å². The summed E-state index contributed by atoms with van der Waals surface area (Å²) in [5.74, 6) is 0.877. The van der Waals surface area contributed by atoms with Crippen LogP contribution in [-0.2, 0) is 0 Å². The summed E-state index contributed by atoms with van der Waals surface area (Å²) in [6.45, 7) is 2.06. The Kier molecular flexibility index (Phi) is 4.82.